The van der Waals surface area contributed by atoms with Gasteiger partial charge in [-0.25, -0.2) is 4.98 Å². The molecule has 7 heteroatoms. The van der Waals surface area contributed by atoms with Crippen molar-refractivity contribution in [3.63, 3.8) is 0 Å². The summed E-state index contributed by atoms with van der Waals surface area (Å²) < 4.78 is 5.08. The molecular formula is C14H19N5O2. The van der Waals surface area contributed by atoms with Crippen LogP contribution in [0.2, 0.25) is 0 Å². The molecule has 1 N–H and O–H groups in total. The van der Waals surface area contributed by atoms with E-state index in [1.165, 1.54) is 0 Å². The van der Waals surface area contributed by atoms with E-state index < -0.39 is 0 Å². The smallest absolute Gasteiger partial charge is 0.292 e. The first-order chi connectivity index (χ1) is 10.2. The molecule has 1 fully saturated rings. The number of aryl methyl sites for hydroxylation is 1. The van der Waals surface area contributed by atoms with Crippen molar-refractivity contribution in [2.45, 2.75) is 19.9 Å². The molecule has 1 amide bonds. The van der Waals surface area contributed by atoms with E-state index in [-0.39, 0.29) is 11.9 Å². The summed E-state index contributed by atoms with van der Waals surface area (Å²) >= 11 is 0. The summed E-state index contributed by atoms with van der Waals surface area (Å²) in [6.07, 6.45) is 3.55. The van der Waals surface area contributed by atoms with E-state index in [1.807, 2.05) is 6.20 Å². The van der Waals surface area contributed by atoms with Crippen LogP contribution in [0.4, 0.5) is 0 Å². The van der Waals surface area contributed by atoms with Crippen molar-refractivity contribution < 1.29 is 9.32 Å². The van der Waals surface area contributed by atoms with Crippen LogP contribution < -0.4 is 0 Å². The lowest BCUT2D eigenvalue weighted by Gasteiger charge is -2.39. The van der Waals surface area contributed by atoms with Gasteiger partial charge >= 0.3 is 0 Å². The highest BCUT2D eigenvalue weighted by Gasteiger charge is 2.32. The Hall–Kier alpha value is -2.15. The zero-order chi connectivity index (χ0) is 14.8. The third kappa shape index (κ3) is 2.69. The van der Waals surface area contributed by atoms with Gasteiger partial charge in [0.1, 0.15) is 5.82 Å². The number of aromatic nitrogens is 3. The fourth-order valence-corrected chi connectivity index (χ4v) is 2.72. The minimum absolute atomic E-state index is 0.0896. The molecule has 0 radical (unpaired) electrons. The highest BCUT2D eigenvalue weighted by Crippen LogP contribution is 2.23. The van der Waals surface area contributed by atoms with Gasteiger partial charge in [-0.15, -0.1) is 0 Å². The van der Waals surface area contributed by atoms with E-state index in [2.05, 4.69) is 26.9 Å². The van der Waals surface area contributed by atoms with Gasteiger partial charge in [0.15, 0.2) is 0 Å². The van der Waals surface area contributed by atoms with E-state index >= 15 is 0 Å². The second kappa shape index (κ2) is 5.69. The molecule has 0 unspecified atom stereocenters. The maximum absolute atomic E-state index is 12.5. The standard InChI is InChI=1S/C14H19N5O2/c1-3-18-6-7-19(9-11(18)13-15-4-5-16-13)14(20)12-8-10(2)17-21-12/h4-5,8,11H,3,6-7,9H2,1-2H3,(H,15,16)/t11-/m0/s1. The maximum Gasteiger partial charge on any atom is 0.292 e. The lowest BCUT2D eigenvalue weighted by molar-refractivity contribution is 0.0445. The van der Waals surface area contributed by atoms with Gasteiger partial charge in [-0.05, 0) is 13.5 Å². The zero-order valence-corrected chi connectivity index (χ0v) is 12.2. The van der Waals surface area contributed by atoms with Crippen molar-refractivity contribution in [3.05, 3.63) is 35.7 Å². The third-order valence-corrected chi connectivity index (χ3v) is 3.86. The van der Waals surface area contributed by atoms with Crippen LogP contribution in [0.1, 0.15) is 35.0 Å². The Kier molecular flexibility index (Phi) is 3.74. The van der Waals surface area contributed by atoms with Crippen molar-refractivity contribution in [1.82, 2.24) is 24.9 Å². The predicted octanol–water partition coefficient (Wildman–Crippen LogP) is 1.23. The Bertz CT molecular complexity index is 607. The Labute approximate surface area is 122 Å². The minimum Gasteiger partial charge on any atom is -0.351 e. The second-order valence-corrected chi connectivity index (χ2v) is 5.20. The van der Waals surface area contributed by atoms with Gasteiger partial charge in [-0.3, -0.25) is 9.69 Å². The number of hydrogen-bond donors (Lipinski definition) is 1. The van der Waals surface area contributed by atoms with Crippen LogP contribution in [0.15, 0.2) is 23.0 Å². The summed E-state index contributed by atoms with van der Waals surface area (Å²) in [5, 5.41) is 3.78. The van der Waals surface area contributed by atoms with Gasteiger partial charge in [-0.2, -0.15) is 0 Å². The summed E-state index contributed by atoms with van der Waals surface area (Å²) in [4.78, 5) is 24.1. The number of piperazine rings is 1. The van der Waals surface area contributed by atoms with Gasteiger partial charge < -0.3 is 14.4 Å². The lowest BCUT2D eigenvalue weighted by Crippen LogP contribution is -2.50. The predicted molar refractivity (Wildman–Crippen MR) is 75.7 cm³/mol. The highest BCUT2D eigenvalue weighted by molar-refractivity contribution is 5.91. The van der Waals surface area contributed by atoms with Crippen LogP contribution in [0, 0.1) is 6.92 Å². The van der Waals surface area contributed by atoms with Gasteiger partial charge in [0, 0.05) is 38.1 Å². The molecule has 2 aromatic rings. The number of aromatic amines is 1. The largest absolute Gasteiger partial charge is 0.351 e. The van der Waals surface area contributed by atoms with Crippen molar-refractivity contribution in [2.24, 2.45) is 0 Å². The van der Waals surface area contributed by atoms with Gasteiger partial charge in [0.25, 0.3) is 5.91 Å². The minimum atomic E-state index is -0.108. The summed E-state index contributed by atoms with van der Waals surface area (Å²) in [5.74, 6) is 1.08. The van der Waals surface area contributed by atoms with Crippen molar-refractivity contribution in [2.75, 3.05) is 26.2 Å². The van der Waals surface area contributed by atoms with Crippen LogP contribution in [0.5, 0.6) is 0 Å². The molecule has 7 nitrogen and oxygen atoms in total. The molecule has 3 rings (SSSR count). The number of nitrogens with one attached hydrogen (secondary N) is 1. The number of carbonyl (C=O) groups excluding carboxylic acids is 1. The van der Waals surface area contributed by atoms with Crippen molar-refractivity contribution in [3.8, 4) is 0 Å². The molecule has 0 bridgehead atoms. The first-order valence-electron chi connectivity index (χ1n) is 7.15. The van der Waals surface area contributed by atoms with E-state index in [9.17, 15) is 4.79 Å². The summed E-state index contributed by atoms with van der Waals surface area (Å²) in [6.45, 7) is 6.95. The monoisotopic (exact) mass is 289 g/mol. The number of carbonyl (C=O) groups is 1. The average Bonchev–Trinajstić information content (AvgIpc) is 3.17. The summed E-state index contributed by atoms with van der Waals surface area (Å²) in [7, 11) is 0. The summed E-state index contributed by atoms with van der Waals surface area (Å²) in [6, 6.07) is 1.77. The van der Waals surface area contributed by atoms with E-state index in [0.29, 0.717) is 24.5 Å². The van der Waals surface area contributed by atoms with Crippen molar-refractivity contribution in [1.29, 1.82) is 0 Å². The van der Waals surface area contributed by atoms with E-state index in [4.69, 9.17) is 4.52 Å². The van der Waals surface area contributed by atoms with Crippen molar-refractivity contribution >= 4 is 5.91 Å². The van der Waals surface area contributed by atoms with Crippen LogP contribution in [0.25, 0.3) is 0 Å². The number of hydrogen-bond acceptors (Lipinski definition) is 5. The Morgan fingerprint density at radius 2 is 2.38 bits per heavy atom. The average molecular weight is 289 g/mol. The number of likely N-dealkylation sites (N-methyl/N-ethyl adjacent to an activating group) is 1. The Morgan fingerprint density at radius 1 is 1.52 bits per heavy atom. The second-order valence-electron chi connectivity index (χ2n) is 5.20. The molecule has 112 valence electrons. The molecule has 0 aliphatic carbocycles. The first kappa shape index (κ1) is 13.8. The fourth-order valence-electron chi connectivity index (χ4n) is 2.72. The summed E-state index contributed by atoms with van der Waals surface area (Å²) in [5.41, 5.74) is 0.716. The number of imidazole rings is 1. The molecule has 0 saturated carbocycles. The zero-order valence-electron chi connectivity index (χ0n) is 12.2. The van der Waals surface area contributed by atoms with Crippen LogP contribution >= 0.6 is 0 Å². The SMILES string of the molecule is CCN1CCN(C(=O)c2cc(C)no2)C[C@H]1c1ncc[nH]1. The van der Waals surface area contributed by atoms with Gasteiger partial charge in [0.05, 0.1) is 11.7 Å². The molecule has 1 aliphatic heterocycles. The van der Waals surface area contributed by atoms with E-state index in [0.717, 1.165) is 18.9 Å². The number of nitrogens with zero attached hydrogens (tertiary/aromatic N) is 4. The third-order valence-electron chi connectivity index (χ3n) is 3.86. The molecule has 21 heavy (non-hydrogen) atoms. The van der Waals surface area contributed by atoms with Crippen LogP contribution in [-0.2, 0) is 0 Å². The topological polar surface area (TPSA) is 78.3 Å². The highest BCUT2D eigenvalue weighted by atomic mass is 16.5. The van der Waals surface area contributed by atoms with Crippen LogP contribution in [-0.4, -0.2) is 57.0 Å². The first-order valence-corrected chi connectivity index (χ1v) is 7.15. The maximum atomic E-state index is 12.5. The Balaban J connectivity index is 1.78. The molecule has 1 aliphatic rings. The molecule has 0 aromatic carbocycles. The Morgan fingerprint density at radius 3 is 3.00 bits per heavy atom. The number of rotatable bonds is 3. The van der Waals surface area contributed by atoms with Crippen LogP contribution in [0.3, 0.4) is 0 Å². The lowest BCUT2D eigenvalue weighted by atomic mass is 10.1. The molecule has 1 saturated heterocycles. The molecule has 1 atom stereocenters. The van der Waals surface area contributed by atoms with Gasteiger partial charge in [-0.1, -0.05) is 12.1 Å². The fraction of sp³-hybridized carbons (Fsp3) is 0.500. The van der Waals surface area contributed by atoms with E-state index in [1.54, 1.807) is 24.1 Å². The molecule has 3 heterocycles. The molecular weight excluding hydrogens is 270 g/mol. The quantitative estimate of drug-likeness (QED) is 0.919. The number of amides is 1. The van der Waals surface area contributed by atoms with Gasteiger partial charge in [0.2, 0.25) is 5.76 Å². The molecule has 0 spiro atoms. The normalized spacial score (nSPS) is 19.9. The number of H-pyrrole nitrogens is 1. The molecule has 2 aromatic heterocycles.